The molecule has 0 N–H and O–H groups in total. The Morgan fingerprint density at radius 2 is 0.828 bits per heavy atom. The number of ether oxygens (including phenoxy) is 2. The first-order chi connectivity index (χ1) is 30.8. The van der Waals surface area contributed by atoms with Crippen LogP contribution in [0, 0.1) is 90.6 Å². The third-order valence-electron chi connectivity index (χ3n) is 10.0. The summed E-state index contributed by atoms with van der Waals surface area (Å²) in [7, 11) is 0. The molecule has 0 aliphatic heterocycles. The van der Waals surface area contributed by atoms with Gasteiger partial charge in [0.2, 0.25) is 6.86 Å². The summed E-state index contributed by atoms with van der Waals surface area (Å²) < 4.78 is 97.5. The van der Waals surface area contributed by atoms with Gasteiger partial charge >= 0.3 is 6.36 Å². The molecule has 16 heteroatoms. The monoisotopic (exact) mass is 850 g/mol. The average molecular weight is 851 g/mol. The van der Waals surface area contributed by atoms with Crippen LogP contribution in [0.25, 0.3) is 55.7 Å². The molecule has 0 saturated heterocycles. The number of hydrogen-bond acceptors (Lipinski definition) is 10. The highest BCUT2D eigenvalue weighted by Gasteiger charge is 2.44. The van der Waals surface area contributed by atoms with Crippen LogP contribution in [0.15, 0.2) is 96.6 Å². The zero-order valence-corrected chi connectivity index (χ0v) is 32.0. The average Bonchev–Trinajstić information content (AvgIpc) is 3.74. The summed E-state index contributed by atoms with van der Waals surface area (Å²) in [6.45, 7) is -1.25. The van der Waals surface area contributed by atoms with E-state index in [0.29, 0.717) is 0 Å². The van der Waals surface area contributed by atoms with Crippen LogP contribution in [0.5, 0.6) is 11.5 Å². The molecule has 0 aromatic heterocycles. The Labute approximate surface area is 358 Å². The molecule has 0 heterocycles. The van der Waals surface area contributed by atoms with Gasteiger partial charge in [-0.15, -0.1) is 13.2 Å². The number of hydrogen-bond donors (Lipinski definition) is 0. The summed E-state index contributed by atoms with van der Waals surface area (Å²) in [6.07, 6.45) is -5.15. The number of fused-ring (bicyclic) bond motifs is 2. The van der Waals surface area contributed by atoms with Gasteiger partial charge in [-0.05, 0) is 94.0 Å². The molecule has 302 valence electrons. The van der Waals surface area contributed by atoms with Crippen molar-refractivity contribution in [2.24, 2.45) is 0 Å². The molecule has 0 unspecified atom stereocenters. The standard InChI is InChI=1S/C48H16F6N8O2/c49-23-63-32-5-1-28(2-6-32)38-40-36(21-61)46(50)43(35(20-60)31-13-26(17-57)10-27(14-31)18-58)45(40)39(29-3-7-33(8-4-29)64-48(52,53)54)41-37(22-62)47(51)42(44(38)41)34(19-59)30-11-24(15-55)9-25(12-30)16-56/h1-14H,23H2/b42-34-,43-35-. The van der Waals surface area contributed by atoms with Crippen LogP contribution in [-0.2, 0) is 0 Å². The summed E-state index contributed by atoms with van der Waals surface area (Å²) >= 11 is 0. The number of alkyl halides is 4. The van der Waals surface area contributed by atoms with E-state index in [1.807, 2.05) is 36.4 Å². The zero-order chi connectivity index (χ0) is 46.0. The van der Waals surface area contributed by atoms with Gasteiger partial charge in [0, 0.05) is 33.4 Å². The lowest BCUT2D eigenvalue weighted by molar-refractivity contribution is -0.274. The molecule has 10 nitrogen and oxygen atoms in total. The second-order valence-electron chi connectivity index (χ2n) is 13.5. The second-order valence-corrected chi connectivity index (χ2v) is 13.5. The molecule has 2 aliphatic rings. The van der Waals surface area contributed by atoms with E-state index in [-0.39, 0.29) is 78.1 Å². The first-order valence-electron chi connectivity index (χ1n) is 18.0. The van der Waals surface area contributed by atoms with E-state index in [2.05, 4.69) is 4.74 Å². The lowest BCUT2D eigenvalue weighted by atomic mass is 9.77. The third-order valence-corrected chi connectivity index (χ3v) is 10.0. The Hall–Kier alpha value is -9.84. The van der Waals surface area contributed by atoms with E-state index < -0.39 is 69.6 Å². The van der Waals surface area contributed by atoms with Crippen molar-refractivity contribution in [3.8, 4) is 82.3 Å². The van der Waals surface area contributed by atoms with Gasteiger partial charge < -0.3 is 9.47 Å². The fraction of sp³-hybridized carbons (Fsp3) is 0.0417. The minimum atomic E-state index is -5.15. The first-order valence-corrected chi connectivity index (χ1v) is 18.0. The van der Waals surface area contributed by atoms with Crippen molar-refractivity contribution in [3.63, 3.8) is 0 Å². The van der Waals surface area contributed by atoms with E-state index in [1.165, 1.54) is 48.5 Å². The summed E-state index contributed by atoms with van der Waals surface area (Å²) in [5, 5.41) is 82.4. The SMILES string of the molecule is N#CC1=C(F)/C(=C(/C#N)c2cc(C#N)cc(C#N)c2)c2c1c(-c1ccc(OC(F)(F)F)cc1)c1c(c2-c2ccc(OCF)cc2)C(C#N)=C(F)/C1=C(/C#N)c1cc(C#N)cc(C#N)c1. The predicted octanol–water partition coefficient (Wildman–Crippen LogP) is 11.0. The summed E-state index contributed by atoms with van der Waals surface area (Å²) in [4.78, 5) is 0. The lowest BCUT2D eigenvalue weighted by Gasteiger charge is -2.23. The van der Waals surface area contributed by atoms with Gasteiger partial charge in [-0.1, -0.05) is 24.3 Å². The second kappa shape index (κ2) is 16.7. The van der Waals surface area contributed by atoms with Crippen molar-refractivity contribution < 1.29 is 35.8 Å². The summed E-state index contributed by atoms with van der Waals surface area (Å²) in [5.74, 6) is -3.47. The lowest BCUT2D eigenvalue weighted by Crippen LogP contribution is -2.17. The molecule has 0 radical (unpaired) electrons. The van der Waals surface area contributed by atoms with Gasteiger partial charge in [-0.25, -0.2) is 13.2 Å². The van der Waals surface area contributed by atoms with Crippen LogP contribution in [0.3, 0.4) is 0 Å². The molecule has 5 aromatic carbocycles. The number of rotatable bonds is 7. The van der Waals surface area contributed by atoms with E-state index in [0.717, 1.165) is 36.4 Å². The number of nitriles is 8. The van der Waals surface area contributed by atoms with Crippen LogP contribution in [0.1, 0.15) is 55.6 Å². The van der Waals surface area contributed by atoms with Gasteiger partial charge in [0.1, 0.15) is 35.8 Å². The maximum atomic E-state index is 17.6. The van der Waals surface area contributed by atoms with E-state index in [4.69, 9.17) is 4.74 Å². The maximum Gasteiger partial charge on any atom is 0.573 e. The Kier molecular flexibility index (Phi) is 11.0. The van der Waals surface area contributed by atoms with Crippen LogP contribution < -0.4 is 9.47 Å². The zero-order valence-electron chi connectivity index (χ0n) is 32.0. The fourth-order valence-electron chi connectivity index (χ4n) is 7.63. The molecule has 0 amide bonds. The third kappa shape index (κ3) is 7.15. The van der Waals surface area contributed by atoms with Crippen molar-refractivity contribution in [1.29, 1.82) is 42.1 Å². The molecule has 0 atom stereocenters. The molecule has 7 rings (SSSR count). The Morgan fingerprint density at radius 1 is 0.469 bits per heavy atom. The molecule has 0 saturated carbocycles. The highest BCUT2D eigenvalue weighted by Crippen LogP contribution is 2.61. The topological polar surface area (TPSA) is 209 Å². The molecule has 5 aromatic rings. The van der Waals surface area contributed by atoms with Gasteiger partial charge in [0.05, 0.1) is 68.8 Å². The largest absolute Gasteiger partial charge is 0.573 e. The molecule has 0 bridgehead atoms. The first kappa shape index (κ1) is 42.3. The molecular formula is C48H16F6N8O2. The van der Waals surface area contributed by atoms with Gasteiger partial charge in [0.15, 0.2) is 11.7 Å². The van der Waals surface area contributed by atoms with Crippen molar-refractivity contribution >= 4 is 33.4 Å². The van der Waals surface area contributed by atoms with Gasteiger partial charge in [-0.3, -0.25) is 0 Å². The highest BCUT2D eigenvalue weighted by atomic mass is 19.4. The van der Waals surface area contributed by atoms with E-state index >= 15 is 8.78 Å². The molecule has 2 aliphatic carbocycles. The molecule has 0 fully saturated rings. The van der Waals surface area contributed by atoms with Crippen molar-refractivity contribution in [1.82, 2.24) is 0 Å². The van der Waals surface area contributed by atoms with Crippen LogP contribution in [-0.4, -0.2) is 13.2 Å². The Bertz CT molecular complexity index is 3330. The fourth-order valence-corrected chi connectivity index (χ4v) is 7.63. The number of nitrogens with zero attached hydrogens (tertiary/aromatic N) is 8. The number of allylic oxidation sites excluding steroid dienone is 8. The molecule has 0 spiro atoms. The Morgan fingerprint density at radius 3 is 1.12 bits per heavy atom. The summed E-state index contributed by atoms with van der Waals surface area (Å²) in [6, 6.07) is 30.8. The van der Waals surface area contributed by atoms with Crippen LogP contribution in [0.2, 0.25) is 0 Å². The minimum Gasteiger partial charge on any atom is -0.463 e. The maximum absolute atomic E-state index is 17.6. The van der Waals surface area contributed by atoms with E-state index in [9.17, 15) is 59.7 Å². The van der Waals surface area contributed by atoms with Crippen molar-refractivity contribution in [2.75, 3.05) is 6.86 Å². The normalized spacial score (nSPS) is 14.0. The van der Waals surface area contributed by atoms with Crippen molar-refractivity contribution in [2.45, 2.75) is 6.36 Å². The minimum absolute atomic E-state index is 0.0167. The van der Waals surface area contributed by atoms with Gasteiger partial charge in [-0.2, -0.15) is 42.1 Å². The van der Waals surface area contributed by atoms with Crippen LogP contribution >= 0.6 is 0 Å². The Balaban J connectivity index is 1.79. The molecule has 64 heavy (non-hydrogen) atoms. The number of benzene rings is 5. The highest BCUT2D eigenvalue weighted by molar-refractivity contribution is 6.25. The quantitative estimate of drug-likeness (QED) is 0.112. The van der Waals surface area contributed by atoms with Crippen molar-refractivity contribution in [3.05, 3.63) is 152 Å². The van der Waals surface area contributed by atoms with Crippen LogP contribution in [0.4, 0.5) is 26.3 Å². The number of halogens is 6. The van der Waals surface area contributed by atoms with Gasteiger partial charge in [0.25, 0.3) is 0 Å². The predicted molar refractivity (Wildman–Crippen MR) is 214 cm³/mol. The molecular weight excluding hydrogens is 835 g/mol. The summed E-state index contributed by atoms with van der Waals surface area (Å²) in [5.41, 5.74) is -7.05. The smallest absolute Gasteiger partial charge is 0.463 e. The van der Waals surface area contributed by atoms with E-state index in [1.54, 1.807) is 12.1 Å².